The third-order valence-corrected chi connectivity index (χ3v) is 4.88. The summed E-state index contributed by atoms with van der Waals surface area (Å²) in [6, 6.07) is 8.01. The van der Waals surface area contributed by atoms with Gasteiger partial charge in [0.05, 0.1) is 0 Å². The van der Waals surface area contributed by atoms with Gasteiger partial charge in [0.2, 0.25) is 0 Å². The number of oxazole rings is 1. The second kappa shape index (κ2) is 6.39. The van der Waals surface area contributed by atoms with Crippen molar-refractivity contribution in [1.29, 1.82) is 0 Å². The van der Waals surface area contributed by atoms with E-state index in [2.05, 4.69) is 14.8 Å². The summed E-state index contributed by atoms with van der Waals surface area (Å²) < 4.78 is 5.79. The minimum Gasteiger partial charge on any atom is -0.441 e. The molecule has 0 unspecified atom stereocenters. The molecule has 4 nitrogen and oxygen atoms in total. The number of hydrogen-bond acceptors (Lipinski definition) is 4. The third kappa shape index (κ3) is 3.50. The Bertz CT molecular complexity index is 579. The molecule has 2 aromatic rings. The zero-order valence-electron chi connectivity index (χ0n) is 13.2. The van der Waals surface area contributed by atoms with Crippen molar-refractivity contribution in [3.8, 4) is 0 Å². The molecule has 1 aromatic carbocycles. The fraction of sp³-hybridized carbons (Fsp3) is 0.611. The first-order chi connectivity index (χ1) is 10.9. The van der Waals surface area contributed by atoms with Gasteiger partial charge < -0.3 is 14.2 Å². The molecule has 1 saturated heterocycles. The highest BCUT2D eigenvalue weighted by atomic mass is 16.3. The van der Waals surface area contributed by atoms with Gasteiger partial charge in [0.25, 0.3) is 0 Å². The summed E-state index contributed by atoms with van der Waals surface area (Å²) in [6.45, 7) is 7.45. The number of aromatic nitrogens is 1. The molecule has 1 aromatic heterocycles. The fourth-order valence-corrected chi connectivity index (χ4v) is 3.34. The lowest BCUT2D eigenvalue weighted by molar-refractivity contribution is 0.127. The summed E-state index contributed by atoms with van der Waals surface area (Å²) >= 11 is 0. The van der Waals surface area contributed by atoms with E-state index in [-0.39, 0.29) is 0 Å². The van der Waals surface area contributed by atoms with E-state index in [1.165, 1.54) is 45.6 Å². The number of para-hydroxylation sites is 2. The number of nitrogens with zero attached hydrogens (tertiary/aromatic N) is 3. The van der Waals surface area contributed by atoms with Crippen LogP contribution in [0.3, 0.4) is 0 Å². The number of aryl methyl sites for hydroxylation is 1. The van der Waals surface area contributed by atoms with E-state index in [1.807, 2.05) is 24.3 Å². The fourth-order valence-electron chi connectivity index (χ4n) is 3.34. The Morgan fingerprint density at radius 2 is 1.82 bits per heavy atom. The molecule has 22 heavy (non-hydrogen) atoms. The topological polar surface area (TPSA) is 32.5 Å². The number of benzene rings is 1. The van der Waals surface area contributed by atoms with Gasteiger partial charge in [0, 0.05) is 39.1 Å². The van der Waals surface area contributed by atoms with Gasteiger partial charge in [-0.25, -0.2) is 4.98 Å². The maximum atomic E-state index is 5.79. The van der Waals surface area contributed by atoms with Crippen LogP contribution in [0.15, 0.2) is 28.7 Å². The van der Waals surface area contributed by atoms with Crippen LogP contribution in [0.5, 0.6) is 0 Å². The van der Waals surface area contributed by atoms with Crippen LogP contribution in [-0.2, 0) is 6.42 Å². The first-order valence-corrected chi connectivity index (χ1v) is 8.66. The molecule has 2 fully saturated rings. The Kier molecular flexibility index (Phi) is 4.13. The van der Waals surface area contributed by atoms with E-state index >= 15 is 0 Å². The van der Waals surface area contributed by atoms with Gasteiger partial charge in [-0.05, 0) is 43.9 Å². The number of rotatable bonds is 6. The van der Waals surface area contributed by atoms with Crippen LogP contribution in [0, 0.1) is 5.92 Å². The number of fused-ring (bicyclic) bond motifs is 1. The Morgan fingerprint density at radius 1 is 1.05 bits per heavy atom. The molecule has 0 amide bonds. The third-order valence-electron chi connectivity index (χ3n) is 4.88. The zero-order valence-corrected chi connectivity index (χ0v) is 13.2. The van der Waals surface area contributed by atoms with E-state index in [0.717, 1.165) is 42.3 Å². The van der Waals surface area contributed by atoms with Crippen molar-refractivity contribution in [2.24, 2.45) is 5.92 Å². The summed E-state index contributed by atoms with van der Waals surface area (Å²) in [6.07, 6.45) is 5.00. The van der Waals surface area contributed by atoms with Crippen molar-refractivity contribution in [3.63, 3.8) is 0 Å². The minimum absolute atomic E-state index is 0.883. The first kappa shape index (κ1) is 14.2. The lowest BCUT2D eigenvalue weighted by Gasteiger charge is -2.34. The number of hydrogen-bond donors (Lipinski definition) is 0. The van der Waals surface area contributed by atoms with Crippen molar-refractivity contribution in [2.45, 2.75) is 25.7 Å². The second-order valence-electron chi connectivity index (χ2n) is 6.76. The Morgan fingerprint density at radius 3 is 2.59 bits per heavy atom. The average Bonchev–Trinajstić information content (AvgIpc) is 3.25. The summed E-state index contributed by atoms with van der Waals surface area (Å²) in [4.78, 5) is 9.79. The van der Waals surface area contributed by atoms with Gasteiger partial charge in [-0.3, -0.25) is 0 Å². The molecule has 1 aliphatic heterocycles. The highest BCUT2D eigenvalue weighted by Crippen LogP contribution is 2.29. The molecule has 2 heterocycles. The molecule has 0 N–H and O–H groups in total. The van der Waals surface area contributed by atoms with E-state index in [0.29, 0.717) is 0 Å². The second-order valence-corrected chi connectivity index (χ2v) is 6.76. The molecule has 2 aliphatic rings. The highest BCUT2D eigenvalue weighted by molar-refractivity contribution is 5.72. The van der Waals surface area contributed by atoms with Crippen LogP contribution >= 0.6 is 0 Å². The average molecular weight is 299 g/mol. The standard InChI is InChI=1S/C18H25N3O/c1-2-5-17-16(4-1)19-18(22-17)6-3-9-20-10-12-21(13-11-20)14-15-7-8-15/h1-2,4-5,15H,3,6-14H2. The lowest BCUT2D eigenvalue weighted by atomic mass is 10.2. The molecule has 0 spiro atoms. The van der Waals surface area contributed by atoms with Crippen molar-refractivity contribution >= 4 is 11.1 Å². The van der Waals surface area contributed by atoms with Crippen LogP contribution < -0.4 is 0 Å². The van der Waals surface area contributed by atoms with Gasteiger partial charge in [-0.15, -0.1) is 0 Å². The van der Waals surface area contributed by atoms with Crippen molar-refractivity contribution in [1.82, 2.24) is 14.8 Å². The van der Waals surface area contributed by atoms with Crippen LogP contribution in [-0.4, -0.2) is 54.1 Å². The molecule has 1 aliphatic carbocycles. The molecular formula is C18H25N3O. The SMILES string of the molecule is c1ccc2oc(CCCN3CCN(CC4CC4)CC3)nc2c1. The molecule has 0 radical (unpaired) electrons. The molecular weight excluding hydrogens is 274 g/mol. The predicted molar refractivity (Wildman–Crippen MR) is 87.9 cm³/mol. The maximum Gasteiger partial charge on any atom is 0.195 e. The van der Waals surface area contributed by atoms with Crippen LogP contribution in [0.1, 0.15) is 25.2 Å². The molecule has 0 atom stereocenters. The van der Waals surface area contributed by atoms with E-state index in [9.17, 15) is 0 Å². The summed E-state index contributed by atoms with van der Waals surface area (Å²) in [5.74, 6) is 1.90. The van der Waals surface area contributed by atoms with Gasteiger partial charge in [-0.1, -0.05) is 12.1 Å². The highest BCUT2D eigenvalue weighted by Gasteiger charge is 2.26. The van der Waals surface area contributed by atoms with Gasteiger partial charge in [0.15, 0.2) is 11.5 Å². The normalized spacial score (nSPS) is 20.7. The zero-order chi connectivity index (χ0) is 14.8. The largest absolute Gasteiger partial charge is 0.441 e. The van der Waals surface area contributed by atoms with E-state index in [1.54, 1.807) is 0 Å². The van der Waals surface area contributed by atoms with Gasteiger partial charge >= 0.3 is 0 Å². The van der Waals surface area contributed by atoms with Crippen molar-refractivity contribution < 1.29 is 4.42 Å². The molecule has 118 valence electrons. The quantitative estimate of drug-likeness (QED) is 0.821. The van der Waals surface area contributed by atoms with Crippen molar-refractivity contribution in [2.75, 3.05) is 39.3 Å². The van der Waals surface area contributed by atoms with E-state index in [4.69, 9.17) is 4.42 Å². The predicted octanol–water partition coefficient (Wildman–Crippen LogP) is 2.79. The minimum atomic E-state index is 0.883. The maximum absolute atomic E-state index is 5.79. The molecule has 1 saturated carbocycles. The Hall–Kier alpha value is -1.39. The van der Waals surface area contributed by atoms with Crippen molar-refractivity contribution in [3.05, 3.63) is 30.2 Å². The van der Waals surface area contributed by atoms with Crippen LogP contribution in [0.25, 0.3) is 11.1 Å². The summed E-state index contributed by atoms with van der Waals surface area (Å²) in [5.41, 5.74) is 1.89. The molecule has 4 heteroatoms. The Labute approximate surface area is 132 Å². The Balaban J connectivity index is 1.20. The first-order valence-electron chi connectivity index (χ1n) is 8.66. The smallest absolute Gasteiger partial charge is 0.195 e. The summed E-state index contributed by atoms with van der Waals surface area (Å²) in [5, 5.41) is 0. The lowest BCUT2D eigenvalue weighted by Crippen LogP contribution is -2.47. The van der Waals surface area contributed by atoms with Gasteiger partial charge in [-0.2, -0.15) is 0 Å². The molecule has 4 rings (SSSR count). The van der Waals surface area contributed by atoms with Crippen LogP contribution in [0.2, 0.25) is 0 Å². The number of piperazine rings is 1. The van der Waals surface area contributed by atoms with E-state index < -0.39 is 0 Å². The monoisotopic (exact) mass is 299 g/mol. The van der Waals surface area contributed by atoms with Gasteiger partial charge in [0.1, 0.15) is 5.52 Å². The molecule has 0 bridgehead atoms. The van der Waals surface area contributed by atoms with Crippen LogP contribution in [0.4, 0.5) is 0 Å². The summed E-state index contributed by atoms with van der Waals surface area (Å²) in [7, 11) is 0.